The number of rotatable bonds is 3. The van der Waals surface area contributed by atoms with E-state index >= 15 is 0 Å². The molecular weight excluding hydrogens is 310 g/mol. The van der Waals surface area contributed by atoms with Crippen LogP contribution in [0.2, 0.25) is 0 Å². The van der Waals surface area contributed by atoms with Crippen molar-refractivity contribution in [3.63, 3.8) is 0 Å². The van der Waals surface area contributed by atoms with Crippen LogP contribution >= 0.6 is 0 Å². The summed E-state index contributed by atoms with van der Waals surface area (Å²) in [6.07, 6.45) is 6.02. The van der Waals surface area contributed by atoms with E-state index in [2.05, 4.69) is 11.9 Å². The zero-order valence-corrected chi connectivity index (χ0v) is 14.4. The maximum Gasteiger partial charge on any atom is 0.185 e. The van der Waals surface area contributed by atoms with Gasteiger partial charge in [0, 0.05) is 6.54 Å². The molecule has 1 saturated heterocycles. The number of aryl methyl sites for hydroxylation is 1. The van der Waals surface area contributed by atoms with Crippen molar-refractivity contribution in [1.82, 2.24) is 4.90 Å². The van der Waals surface area contributed by atoms with Gasteiger partial charge in [0.25, 0.3) is 0 Å². The molecule has 4 nitrogen and oxygen atoms in total. The van der Waals surface area contributed by atoms with Gasteiger partial charge in [0.1, 0.15) is 5.76 Å². The Balaban J connectivity index is 1.86. The molecule has 0 aromatic heterocycles. The number of hydrogen-bond donors (Lipinski definition) is 1. The Labute approximate surface area is 138 Å². The van der Waals surface area contributed by atoms with Gasteiger partial charge in [-0.2, -0.15) is 0 Å². The van der Waals surface area contributed by atoms with Crippen molar-refractivity contribution < 1.29 is 13.5 Å². The summed E-state index contributed by atoms with van der Waals surface area (Å²) in [6.45, 7) is 4.12. The van der Waals surface area contributed by atoms with Crippen LogP contribution in [0.1, 0.15) is 29.9 Å². The fourth-order valence-electron chi connectivity index (χ4n) is 3.47. The molecule has 23 heavy (non-hydrogen) atoms. The molecule has 0 saturated carbocycles. The van der Waals surface area contributed by atoms with E-state index in [1.54, 1.807) is 24.3 Å². The van der Waals surface area contributed by atoms with Crippen molar-refractivity contribution in [3.8, 4) is 0 Å². The maximum absolute atomic E-state index is 12.8. The molecule has 5 heteroatoms. The molecule has 1 N–H and O–H groups in total. The minimum Gasteiger partial charge on any atom is -0.508 e. The first-order valence-corrected chi connectivity index (χ1v) is 9.53. The van der Waals surface area contributed by atoms with Gasteiger partial charge in [0.05, 0.1) is 10.1 Å². The molecule has 1 aliphatic heterocycles. The van der Waals surface area contributed by atoms with Crippen LogP contribution in [-0.2, 0) is 9.84 Å². The average Bonchev–Trinajstić information content (AvgIpc) is 2.94. The van der Waals surface area contributed by atoms with Crippen LogP contribution in [-0.4, -0.2) is 43.8 Å². The van der Waals surface area contributed by atoms with E-state index in [0.29, 0.717) is 17.2 Å². The molecule has 1 fully saturated rings. The summed E-state index contributed by atoms with van der Waals surface area (Å²) in [5.74, 6) is 0.625. The third-order valence-corrected chi connectivity index (χ3v) is 6.90. The van der Waals surface area contributed by atoms with Crippen LogP contribution in [0.4, 0.5) is 0 Å². The van der Waals surface area contributed by atoms with E-state index in [-0.39, 0.29) is 5.76 Å². The molecule has 2 unspecified atom stereocenters. The van der Waals surface area contributed by atoms with Gasteiger partial charge in [0.2, 0.25) is 0 Å². The third kappa shape index (κ3) is 3.21. The Hall–Kier alpha value is -1.59. The average molecular weight is 333 g/mol. The fraction of sp³-hybridized carbons (Fsp3) is 0.444. The highest BCUT2D eigenvalue weighted by molar-refractivity contribution is 7.92. The van der Waals surface area contributed by atoms with Gasteiger partial charge in [-0.25, -0.2) is 8.42 Å². The number of benzene rings is 1. The molecular formula is C18H23NO3S. The number of nitrogens with zero attached hydrogens (tertiary/aromatic N) is 1. The molecule has 2 aliphatic rings. The zero-order chi connectivity index (χ0) is 16.6. The predicted octanol–water partition coefficient (Wildman–Crippen LogP) is 2.96. The van der Waals surface area contributed by atoms with E-state index in [1.165, 1.54) is 11.6 Å². The Bertz CT molecular complexity index is 764. The first kappa shape index (κ1) is 16.3. The number of sulfone groups is 1. The lowest BCUT2D eigenvalue weighted by Crippen LogP contribution is -2.20. The second kappa shape index (κ2) is 6.13. The molecule has 1 aromatic rings. The van der Waals surface area contributed by atoms with Gasteiger partial charge in [-0.3, -0.25) is 0 Å². The molecule has 1 aliphatic carbocycles. The van der Waals surface area contributed by atoms with Gasteiger partial charge in [-0.15, -0.1) is 0 Å². The number of aliphatic hydroxyl groups excluding tert-OH is 1. The van der Waals surface area contributed by atoms with Gasteiger partial charge in [0.15, 0.2) is 9.84 Å². The van der Waals surface area contributed by atoms with Crippen LogP contribution in [0.25, 0.3) is 0 Å². The lowest BCUT2D eigenvalue weighted by atomic mass is 9.94. The van der Waals surface area contributed by atoms with E-state index < -0.39 is 15.1 Å². The topological polar surface area (TPSA) is 57.6 Å². The minimum atomic E-state index is -3.41. The van der Waals surface area contributed by atoms with Crippen molar-refractivity contribution in [1.29, 1.82) is 0 Å². The van der Waals surface area contributed by atoms with E-state index in [0.717, 1.165) is 25.1 Å². The quantitative estimate of drug-likeness (QED) is 0.924. The molecule has 0 spiro atoms. The monoisotopic (exact) mass is 333 g/mol. The molecule has 124 valence electrons. The molecule has 2 atom stereocenters. The van der Waals surface area contributed by atoms with E-state index in [4.69, 9.17) is 0 Å². The summed E-state index contributed by atoms with van der Waals surface area (Å²) in [6, 6.07) is 5.52. The highest BCUT2D eigenvalue weighted by Crippen LogP contribution is 2.31. The normalized spacial score (nSPS) is 25.6. The first-order valence-electron chi connectivity index (χ1n) is 7.98. The van der Waals surface area contributed by atoms with Gasteiger partial charge < -0.3 is 10.0 Å². The number of likely N-dealkylation sites (N-methyl/N-ethyl adjacent to an activating group) is 1. The van der Waals surface area contributed by atoms with E-state index in [9.17, 15) is 13.5 Å². The lowest BCUT2D eigenvalue weighted by Gasteiger charge is -2.18. The highest BCUT2D eigenvalue weighted by Gasteiger charge is 2.28. The Morgan fingerprint density at radius 2 is 2.09 bits per heavy atom. The highest BCUT2D eigenvalue weighted by atomic mass is 32.2. The summed E-state index contributed by atoms with van der Waals surface area (Å²) in [7, 11) is -1.29. The molecule has 1 aromatic carbocycles. The van der Waals surface area contributed by atoms with Gasteiger partial charge in [-0.05, 0) is 74.7 Å². The Morgan fingerprint density at radius 1 is 1.30 bits per heavy atom. The van der Waals surface area contributed by atoms with Crippen molar-refractivity contribution in [2.75, 3.05) is 20.1 Å². The standard InChI is InChI=1S/C18H23NO3S/c1-13-11-17(7-8-18(13)14-9-10-19(2)12-14)23(21,22)16-5-3-15(20)4-6-16/h3-5,7-8,11,14,16,20H,6,9-10,12H2,1-2H3. The summed E-state index contributed by atoms with van der Waals surface area (Å²) in [4.78, 5) is 2.68. The lowest BCUT2D eigenvalue weighted by molar-refractivity contribution is 0.411. The molecule has 0 amide bonds. The summed E-state index contributed by atoms with van der Waals surface area (Å²) in [5, 5.41) is 8.77. The largest absolute Gasteiger partial charge is 0.508 e. The molecule has 0 radical (unpaired) electrons. The third-order valence-electron chi connectivity index (χ3n) is 4.84. The summed E-state index contributed by atoms with van der Waals surface area (Å²) < 4.78 is 25.5. The Morgan fingerprint density at radius 3 is 2.65 bits per heavy atom. The van der Waals surface area contributed by atoms with Crippen LogP contribution in [0.15, 0.2) is 47.1 Å². The minimum absolute atomic E-state index is 0.133. The van der Waals surface area contributed by atoms with Crippen molar-refractivity contribution in [2.24, 2.45) is 0 Å². The molecule has 3 rings (SSSR count). The number of allylic oxidation sites excluding steroid dienone is 2. The number of hydrogen-bond acceptors (Lipinski definition) is 4. The van der Waals surface area contributed by atoms with Gasteiger partial charge >= 0.3 is 0 Å². The molecule has 0 bridgehead atoms. The molecule has 1 heterocycles. The van der Waals surface area contributed by atoms with Crippen molar-refractivity contribution >= 4 is 9.84 Å². The second-order valence-corrected chi connectivity index (χ2v) is 8.74. The zero-order valence-electron chi connectivity index (χ0n) is 13.6. The van der Waals surface area contributed by atoms with E-state index in [1.807, 2.05) is 13.0 Å². The number of aliphatic hydroxyl groups is 1. The number of likely N-dealkylation sites (tertiary alicyclic amines) is 1. The van der Waals surface area contributed by atoms with Crippen LogP contribution in [0.3, 0.4) is 0 Å². The Kier molecular flexibility index (Phi) is 4.34. The first-order chi connectivity index (χ1) is 10.9. The summed E-state index contributed by atoms with van der Waals surface area (Å²) in [5.41, 5.74) is 2.30. The van der Waals surface area contributed by atoms with Gasteiger partial charge in [-0.1, -0.05) is 12.1 Å². The fourth-order valence-corrected chi connectivity index (χ4v) is 5.05. The summed E-state index contributed by atoms with van der Waals surface area (Å²) >= 11 is 0. The van der Waals surface area contributed by atoms with Crippen LogP contribution < -0.4 is 0 Å². The van der Waals surface area contributed by atoms with Crippen molar-refractivity contribution in [2.45, 2.75) is 35.8 Å². The van der Waals surface area contributed by atoms with Crippen LogP contribution in [0.5, 0.6) is 0 Å². The van der Waals surface area contributed by atoms with Crippen LogP contribution in [0, 0.1) is 6.92 Å². The SMILES string of the molecule is Cc1cc(S(=O)(=O)C2C=CC(O)=CC2)ccc1C1CCN(C)C1. The smallest absolute Gasteiger partial charge is 0.185 e. The van der Waals surface area contributed by atoms with Crippen molar-refractivity contribution in [3.05, 3.63) is 53.3 Å². The second-order valence-electron chi connectivity index (χ2n) is 6.57. The predicted molar refractivity (Wildman–Crippen MR) is 91.5 cm³/mol. The maximum atomic E-state index is 12.8.